The van der Waals surface area contributed by atoms with Crippen LogP contribution < -0.4 is 5.32 Å². The monoisotopic (exact) mass is 541 g/mol. The minimum Gasteiger partial charge on any atom is -0.478 e. The zero-order chi connectivity index (χ0) is 25.7. The van der Waals surface area contributed by atoms with E-state index in [4.69, 9.17) is 28.3 Å². The molecule has 1 saturated heterocycles. The first-order chi connectivity index (χ1) is 17.3. The molecule has 184 valence electrons. The van der Waals surface area contributed by atoms with Crippen molar-refractivity contribution < 1.29 is 19.5 Å². The summed E-state index contributed by atoms with van der Waals surface area (Å²) < 4.78 is 0. The quantitative estimate of drug-likeness (QED) is 0.388. The molecule has 36 heavy (non-hydrogen) atoms. The lowest BCUT2D eigenvalue weighted by Gasteiger charge is -2.32. The fourth-order valence-corrected chi connectivity index (χ4v) is 4.87. The van der Waals surface area contributed by atoms with Gasteiger partial charge in [-0.2, -0.15) is 0 Å². The molecule has 1 atom stereocenters. The van der Waals surface area contributed by atoms with Crippen LogP contribution in [0.4, 0.5) is 11.4 Å². The fourth-order valence-electron chi connectivity index (χ4n) is 3.50. The van der Waals surface area contributed by atoms with E-state index in [0.29, 0.717) is 39.6 Å². The van der Waals surface area contributed by atoms with Crippen molar-refractivity contribution in [3.8, 4) is 0 Å². The Hall–Kier alpha value is -3.33. The maximum absolute atomic E-state index is 13.2. The van der Waals surface area contributed by atoms with E-state index in [2.05, 4.69) is 10.3 Å². The topological polar surface area (TPSA) is 99.1 Å². The lowest BCUT2D eigenvalue weighted by molar-refractivity contribution is -0.129. The predicted octanol–water partition coefficient (Wildman–Crippen LogP) is 5.89. The van der Waals surface area contributed by atoms with Crippen molar-refractivity contribution in [3.05, 3.63) is 94.0 Å². The highest BCUT2D eigenvalue weighted by molar-refractivity contribution is 8.15. The van der Waals surface area contributed by atoms with Crippen molar-refractivity contribution in [1.82, 2.24) is 4.90 Å². The van der Waals surface area contributed by atoms with Crippen molar-refractivity contribution in [1.29, 1.82) is 0 Å². The summed E-state index contributed by atoms with van der Waals surface area (Å²) in [5, 5.41) is 12.7. The number of anilines is 1. The number of amides is 2. The van der Waals surface area contributed by atoms with Crippen LogP contribution in [0.15, 0.2) is 77.8 Å². The number of aliphatic imine (C=N–C) groups is 1. The molecular weight excluding hydrogens is 521 g/mol. The molecule has 0 radical (unpaired) electrons. The van der Waals surface area contributed by atoms with Gasteiger partial charge in [0.05, 0.1) is 11.3 Å². The molecule has 10 heteroatoms. The summed E-state index contributed by atoms with van der Waals surface area (Å²) in [7, 11) is 0. The zero-order valence-corrected chi connectivity index (χ0v) is 21.2. The molecule has 2 amide bonds. The number of carbonyl (C=O) groups excluding carboxylic acids is 2. The molecule has 1 aliphatic heterocycles. The smallest absolute Gasteiger partial charge is 0.335 e. The molecule has 7 nitrogen and oxygen atoms in total. The first kappa shape index (κ1) is 25.8. The van der Waals surface area contributed by atoms with Gasteiger partial charge in [-0.15, -0.1) is 0 Å². The van der Waals surface area contributed by atoms with Crippen molar-refractivity contribution in [3.63, 3.8) is 0 Å². The second kappa shape index (κ2) is 11.6. The van der Waals surface area contributed by atoms with Crippen molar-refractivity contribution in [2.75, 3.05) is 11.9 Å². The average Bonchev–Trinajstić information content (AvgIpc) is 2.86. The number of carboxylic acids is 1. The number of hydrogen-bond acceptors (Lipinski definition) is 5. The van der Waals surface area contributed by atoms with Crippen LogP contribution in [0.2, 0.25) is 10.0 Å². The Bertz CT molecular complexity index is 1300. The number of hydrogen-bond donors (Lipinski definition) is 2. The SMILES string of the molecule is O=C(O)c1ccc(NC(=O)C2CC(=O)N(CCc3ccc(Cl)cc3)C(=Nc3ccc(Cl)cc3)S2)cc1. The molecule has 0 aromatic heterocycles. The molecule has 3 aromatic rings. The van der Waals surface area contributed by atoms with E-state index in [9.17, 15) is 14.4 Å². The van der Waals surface area contributed by atoms with E-state index in [1.165, 1.54) is 36.0 Å². The molecule has 1 fully saturated rings. The Morgan fingerprint density at radius 2 is 1.58 bits per heavy atom. The van der Waals surface area contributed by atoms with E-state index in [1.807, 2.05) is 12.1 Å². The number of halogens is 2. The highest BCUT2D eigenvalue weighted by atomic mass is 35.5. The van der Waals surface area contributed by atoms with Crippen LogP contribution in [0.1, 0.15) is 22.3 Å². The number of nitrogens with one attached hydrogen (secondary N) is 1. The van der Waals surface area contributed by atoms with Gasteiger partial charge in [-0.3, -0.25) is 14.5 Å². The molecular formula is C26H21Cl2N3O4S. The van der Waals surface area contributed by atoms with Crippen LogP contribution >= 0.6 is 35.0 Å². The van der Waals surface area contributed by atoms with Gasteiger partial charge in [0.25, 0.3) is 0 Å². The molecule has 0 bridgehead atoms. The van der Waals surface area contributed by atoms with Gasteiger partial charge in [0, 0.05) is 28.7 Å². The number of amidine groups is 1. The zero-order valence-electron chi connectivity index (χ0n) is 18.9. The van der Waals surface area contributed by atoms with Gasteiger partial charge in [0.1, 0.15) is 5.25 Å². The number of rotatable bonds is 7. The molecule has 1 heterocycles. The third-order valence-electron chi connectivity index (χ3n) is 5.42. The van der Waals surface area contributed by atoms with Gasteiger partial charge in [0.2, 0.25) is 11.8 Å². The van der Waals surface area contributed by atoms with E-state index in [-0.39, 0.29) is 23.8 Å². The number of thioether (sulfide) groups is 1. The lowest BCUT2D eigenvalue weighted by Crippen LogP contribution is -2.46. The highest BCUT2D eigenvalue weighted by Crippen LogP contribution is 2.30. The van der Waals surface area contributed by atoms with E-state index < -0.39 is 11.2 Å². The van der Waals surface area contributed by atoms with Crippen LogP contribution in [0.25, 0.3) is 0 Å². The standard InChI is InChI=1S/C26H21Cl2N3O4S/c27-18-5-1-16(2-6-18)13-14-31-23(32)15-22(36-26(31)30-21-11-7-19(28)8-12-21)24(33)29-20-9-3-17(4-10-20)25(34)35/h1-12,22H,13-15H2,(H,29,33)(H,34,35). The van der Waals surface area contributed by atoms with E-state index in [1.54, 1.807) is 41.3 Å². The Morgan fingerprint density at radius 1 is 0.972 bits per heavy atom. The average molecular weight is 542 g/mol. The first-order valence-electron chi connectivity index (χ1n) is 11.0. The molecule has 1 unspecified atom stereocenters. The van der Waals surface area contributed by atoms with Gasteiger partial charge in [0.15, 0.2) is 5.17 Å². The molecule has 2 N–H and O–H groups in total. The molecule has 3 aromatic carbocycles. The van der Waals surface area contributed by atoms with Gasteiger partial charge in [-0.05, 0) is 72.6 Å². The van der Waals surface area contributed by atoms with E-state index in [0.717, 1.165) is 5.56 Å². The molecule has 0 spiro atoms. The predicted molar refractivity (Wildman–Crippen MR) is 143 cm³/mol. The van der Waals surface area contributed by atoms with Crippen LogP contribution in [0.3, 0.4) is 0 Å². The fraction of sp³-hybridized carbons (Fsp3) is 0.154. The van der Waals surface area contributed by atoms with Gasteiger partial charge in [-0.25, -0.2) is 9.79 Å². The number of carboxylic acid groups (broad SMARTS) is 1. The maximum Gasteiger partial charge on any atom is 0.335 e. The largest absolute Gasteiger partial charge is 0.478 e. The Labute approximate surface area is 222 Å². The number of carbonyl (C=O) groups is 3. The minimum absolute atomic E-state index is 0.00393. The van der Waals surface area contributed by atoms with Crippen LogP contribution in [-0.2, 0) is 16.0 Å². The second-order valence-electron chi connectivity index (χ2n) is 7.98. The summed E-state index contributed by atoms with van der Waals surface area (Å²) in [5.41, 5.74) is 2.19. The molecule has 0 saturated carbocycles. The van der Waals surface area contributed by atoms with Crippen molar-refractivity contribution in [2.24, 2.45) is 4.99 Å². The number of aromatic carboxylic acids is 1. The van der Waals surface area contributed by atoms with Crippen LogP contribution in [0, 0.1) is 0 Å². The van der Waals surface area contributed by atoms with Gasteiger partial charge in [-0.1, -0.05) is 47.1 Å². The molecule has 1 aliphatic rings. The minimum atomic E-state index is -1.05. The lowest BCUT2D eigenvalue weighted by atomic mass is 10.1. The normalized spacial score (nSPS) is 16.7. The van der Waals surface area contributed by atoms with Crippen LogP contribution in [-0.4, -0.2) is 44.8 Å². The third-order valence-corrected chi connectivity index (χ3v) is 7.11. The summed E-state index contributed by atoms with van der Waals surface area (Å²) in [6.45, 7) is 0.394. The van der Waals surface area contributed by atoms with Crippen LogP contribution in [0.5, 0.6) is 0 Å². The van der Waals surface area contributed by atoms with Crippen molar-refractivity contribution >= 4 is 69.3 Å². The summed E-state index contributed by atoms with van der Waals surface area (Å²) >= 11 is 13.2. The maximum atomic E-state index is 13.2. The Kier molecular flexibility index (Phi) is 8.30. The van der Waals surface area contributed by atoms with Gasteiger partial charge < -0.3 is 10.4 Å². The molecule has 4 rings (SSSR count). The van der Waals surface area contributed by atoms with Gasteiger partial charge >= 0.3 is 5.97 Å². The summed E-state index contributed by atoms with van der Waals surface area (Å²) in [6, 6.07) is 20.2. The Balaban J connectivity index is 1.52. The second-order valence-corrected chi connectivity index (χ2v) is 10.0. The summed E-state index contributed by atoms with van der Waals surface area (Å²) in [4.78, 5) is 43.4. The third kappa shape index (κ3) is 6.66. The number of nitrogens with zero attached hydrogens (tertiary/aromatic N) is 2. The number of benzene rings is 3. The summed E-state index contributed by atoms with van der Waals surface area (Å²) in [6.07, 6.45) is 0.597. The van der Waals surface area contributed by atoms with Crippen molar-refractivity contribution in [2.45, 2.75) is 18.1 Å². The molecule has 0 aliphatic carbocycles. The van der Waals surface area contributed by atoms with E-state index >= 15 is 0 Å². The Morgan fingerprint density at radius 3 is 2.19 bits per heavy atom. The highest BCUT2D eigenvalue weighted by Gasteiger charge is 2.35. The summed E-state index contributed by atoms with van der Waals surface area (Å²) in [5.74, 6) is -1.63. The first-order valence-corrected chi connectivity index (χ1v) is 12.6.